The Balaban J connectivity index is 1.24. The Morgan fingerprint density at radius 3 is 1.83 bits per heavy atom. The number of para-hydroxylation sites is 1. The lowest BCUT2D eigenvalue weighted by Crippen LogP contribution is -2.59. The van der Waals surface area contributed by atoms with Crippen LogP contribution in [0.3, 0.4) is 0 Å². The smallest absolute Gasteiger partial charge is 0.253 e. The van der Waals surface area contributed by atoms with Gasteiger partial charge in [0.25, 0.3) is 6.71 Å². The second-order valence-electron chi connectivity index (χ2n) is 17.6. The standard InChI is InChI=1S/C57H37BN2/c1-57(2)45-27-15-14-25-40(45)41-29-30-43-42-26-16-28-46-54(42)60(55(43)50(41)57)48-33-38(34-17-6-3-7-18-34)32-47-52(48)58(46)51-39-24-13-12-23-37(39)31-44-49(35-19-8-4-9-20-35)53(59(47)56(44)51)36-21-10-5-11-22-36/h3-33H,1-2H3. The Labute approximate surface area is 348 Å². The van der Waals surface area contributed by atoms with E-state index in [0.29, 0.717) is 0 Å². The van der Waals surface area contributed by atoms with E-state index in [1.807, 2.05) is 0 Å². The lowest BCUT2D eigenvalue weighted by molar-refractivity contribution is 0.664. The molecule has 3 heteroatoms. The summed E-state index contributed by atoms with van der Waals surface area (Å²) in [4.78, 5) is 0. The minimum atomic E-state index is -0.187. The van der Waals surface area contributed by atoms with Crippen LogP contribution in [0, 0.1) is 0 Å². The van der Waals surface area contributed by atoms with Gasteiger partial charge in [-0.3, -0.25) is 0 Å². The molecule has 0 N–H and O–H groups in total. The number of nitrogens with zero attached hydrogens (tertiary/aromatic N) is 2. The molecular weight excluding hydrogens is 723 g/mol. The average molecular weight is 761 g/mol. The summed E-state index contributed by atoms with van der Waals surface area (Å²) in [5.41, 5.74) is 23.4. The van der Waals surface area contributed by atoms with Crippen LogP contribution in [0.25, 0.3) is 99.5 Å². The molecule has 0 unspecified atom stereocenters. The highest BCUT2D eigenvalue weighted by atomic mass is 15.0. The molecule has 0 saturated heterocycles. The number of hydrogen-bond acceptors (Lipinski definition) is 0. The van der Waals surface area contributed by atoms with E-state index in [0.717, 1.165) is 0 Å². The summed E-state index contributed by atoms with van der Waals surface area (Å²) in [7, 11) is 0. The van der Waals surface area contributed by atoms with Gasteiger partial charge >= 0.3 is 0 Å². The maximum Gasteiger partial charge on any atom is 0.253 e. The van der Waals surface area contributed by atoms with Crippen molar-refractivity contribution in [3.8, 4) is 56.0 Å². The third kappa shape index (κ3) is 3.96. The van der Waals surface area contributed by atoms with E-state index in [1.54, 1.807) is 0 Å². The molecule has 11 aromatic rings. The van der Waals surface area contributed by atoms with Crippen LogP contribution in [0.15, 0.2) is 188 Å². The minimum Gasteiger partial charge on any atom is -0.310 e. The van der Waals surface area contributed by atoms with Crippen LogP contribution in [0.4, 0.5) is 0 Å². The summed E-state index contributed by atoms with van der Waals surface area (Å²) in [6, 6.07) is 70.8. The Kier molecular flexibility index (Phi) is 6.21. The zero-order valence-corrected chi connectivity index (χ0v) is 33.4. The fraction of sp³-hybridized carbons (Fsp3) is 0.0526. The SMILES string of the molecule is CC1(C)c2ccccc2-c2ccc3c4cccc5c4n(c3c21)-c1cc(-c2ccccc2)cc2c1B5c1c3ccccc3cc3c(-c4ccccc4)c(-c4ccccc4)n-2c13. The summed E-state index contributed by atoms with van der Waals surface area (Å²) >= 11 is 0. The first kappa shape index (κ1) is 32.6. The summed E-state index contributed by atoms with van der Waals surface area (Å²) in [6.45, 7) is 4.88. The van der Waals surface area contributed by atoms with Gasteiger partial charge in [-0.05, 0) is 89.9 Å². The molecule has 0 radical (unpaired) electrons. The van der Waals surface area contributed by atoms with Gasteiger partial charge in [0.15, 0.2) is 0 Å². The first-order valence-corrected chi connectivity index (χ1v) is 21.2. The molecule has 0 spiro atoms. The van der Waals surface area contributed by atoms with Gasteiger partial charge in [0.1, 0.15) is 0 Å². The van der Waals surface area contributed by atoms with Gasteiger partial charge in [-0.2, -0.15) is 0 Å². The molecule has 60 heavy (non-hydrogen) atoms. The Bertz CT molecular complexity index is 3670. The fourth-order valence-electron chi connectivity index (χ4n) is 11.9. The van der Waals surface area contributed by atoms with Crippen molar-refractivity contribution in [2.45, 2.75) is 19.3 Å². The normalized spacial score (nSPS) is 13.9. The molecular formula is C57H37BN2. The third-order valence-electron chi connectivity index (χ3n) is 14.2. The van der Waals surface area contributed by atoms with E-state index in [1.165, 1.54) is 127 Å². The third-order valence-corrected chi connectivity index (χ3v) is 14.2. The topological polar surface area (TPSA) is 9.86 Å². The number of aromatic nitrogens is 2. The van der Waals surface area contributed by atoms with Crippen LogP contribution in [0.5, 0.6) is 0 Å². The monoisotopic (exact) mass is 760 g/mol. The first-order valence-electron chi connectivity index (χ1n) is 21.2. The summed E-state index contributed by atoms with van der Waals surface area (Å²) in [5.74, 6) is 0. The van der Waals surface area contributed by atoms with Gasteiger partial charge in [-0.15, -0.1) is 0 Å². The molecule has 2 aliphatic heterocycles. The molecule has 4 heterocycles. The van der Waals surface area contributed by atoms with Crippen molar-refractivity contribution in [2.24, 2.45) is 0 Å². The highest BCUT2D eigenvalue weighted by Gasteiger charge is 2.45. The van der Waals surface area contributed by atoms with Crippen molar-refractivity contribution < 1.29 is 0 Å². The summed E-state index contributed by atoms with van der Waals surface area (Å²) in [6.07, 6.45) is 0. The van der Waals surface area contributed by atoms with Crippen LogP contribution >= 0.6 is 0 Å². The molecule has 0 amide bonds. The molecule has 2 nitrogen and oxygen atoms in total. The summed E-state index contributed by atoms with van der Waals surface area (Å²) in [5, 5.41) is 6.53. The molecule has 0 bridgehead atoms. The molecule has 14 rings (SSSR count). The van der Waals surface area contributed by atoms with Gasteiger partial charge in [0.05, 0.1) is 16.7 Å². The molecule has 3 aliphatic rings. The Morgan fingerprint density at radius 1 is 0.417 bits per heavy atom. The van der Waals surface area contributed by atoms with Crippen molar-refractivity contribution >= 4 is 66.6 Å². The average Bonchev–Trinajstić information content (AvgIpc) is 3.91. The lowest BCUT2D eigenvalue weighted by atomic mass is 9.33. The van der Waals surface area contributed by atoms with Crippen LogP contribution in [-0.2, 0) is 5.41 Å². The van der Waals surface area contributed by atoms with Crippen LogP contribution in [-0.4, -0.2) is 15.8 Å². The van der Waals surface area contributed by atoms with E-state index in [4.69, 9.17) is 0 Å². The quantitative estimate of drug-likeness (QED) is 0.159. The Hall–Kier alpha value is -7.36. The predicted octanol–water partition coefficient (Wildman–Crippen LogP) is 12.3. The number of rotatable bonds is 3. The fourth-order valence-corrected chi connectivity index (χ4v) is 11.9. The van der Waals surface area contributed by atoms with E-state index < -0.39 is 0 Å². The van der Waals surface area contributed by atoms with Crippen LogP contribution in [0.2, 0.25) is 0 Å². The molecule has 0 fully saturated rings. The second-order valence-corrected chi connectivity index (χ2v) is 17.6. The van der Waals surface area contributed by atoms with Gasteiger partial charge in [-0.25, -0.2) is 0 Å². The van der Waals surface area contributed by atoms with Crippen molar-refractivity contribution in [2.75, 3.05) is 0 Å². The lowest BCUT2D eigenvalue weighted by Gasteiger charge is -2.35. The number of fused-ring (bicyclic) bond motifs is 13. The molecule has 278 valence electrons. The second kappa shape index (κ2) is 11.4. The van der Waals surface area contributed by atoms with Crippen molar-refractivity contribution in [3.05, 3.63) is 199 Å². The van der Waals surface area contributed by atoms with Crippen LogP contribution < -0.4 is 16.4 Å². The zero-order chi connectivity index (χ0) is 39.4. The van der Waals surface area contributed by atoms with Gasteiger partial charge < -0.3 is 9.13 Å². The van der Waals surface area contributed by atoms with E-state index in [-0.39, 0.29) is 12.1 Å². The number of hydrogen-bond donors (Lipinski definition) is 0. The summed E-state index contributed by atoms with van der Waals surface area (Å²) < 4.78 is 5.36. The van der Waals surface area contributed by atoms with Crippen molar-refractivity contribution in [1.29, 1.82) is 0 Å². The van der Waals surface area contributed by atoms with E-state index >= 15 is 0 Å². The molecule has 9 aromatic carbocycles. The van der Waals surface area contributed by atoms with Crippen molar-refractivity contribution in [3.63, 3.8) is 0 Å². The molecule has 2 aromatic heterocycles. The first-order chi connectivity index (χ1) is 29.6. The van der Waals surface area contributed by atoms with Crippen LogP contribution in [0.1, 0.15) is 25.0 Å². The molecule has 1 aliphatic carbocycles. The highest BCUT2D eigenvalue weighted by Crippen LogP contribution is 2.54. The Morgan fingerprint density at radius 2 is 1.05 bits per heavy atom. The van der Waals surface area contributed by atoms with Gasteiger partial charge in [-0.1, -0.05) is 184 Å². The minimum absolute atomic E-state index is 0.0156. The van der Waals surface area contributed by atoms with E-state index in [9.17, 15) is 0 Å². The van der Waals surface area contributed by atoms with E-state index in [2.05, 4.69) is 211 Å². The zero-order valence-electron chi connectivity index (χ0n) is 33.4. The van der Waals surface area contributed by atoms with Crippen molar-refractivity contribution in [1.82, 2.24) is 9.13 Å². The molecule has 0 saturated carbocycles. The van der Waals surface area contributed by atoms with Gasteiger partial charge in [0, 0.05) is 44.0 Å². The predicted molar refractivity (Wildman–Crippen MR) is 254 cm³/mol. The largest absolute Gasteiger partial charge is 0.310 e. The highest BCUT2D eigenvalue weighted by molar-refractivity contribution is 7.01. The number of benzene rings is 9. The van der Waals surface area contributed by atoms with Gasteiger partial charge in [0.2, 0.25) is 0 Å². The maximum absolute atomic E-state index is 2.70. The molecule has 0 atom stereocenters. The maximum atomic E-state index is 2.70.